The molecule has 1 saturated heterocycles. The topological polar surface area (TPSA) is 102 Å². The fourth-order valence-corrected chi connectivity index (χ4v) is 3.08. The third-order valence-corrected chi connectivity index (χ3v) is 4.44. The van der Waals surface area contributed by atoms with Gasteiger partial charge >= 0.3 is 0 Å². The van der Waals surface area contributed by atoms with Gasteiger partial charge < -0.3 is 10.6 Å². The number of nitrogens with two attached hydrogens (primary N) is 1. The number of hydrogen-bond acceptors (Lipinski definition) is 5. The SMILES string of the molecule is Cc1nonc1CC(=O)N1CC[C@@H](Cc2cccc(C(N)=O)c2)C1. The van der Waals surface area contributed by atoms with Crippen LogP contribution in [0, 0.1) is 12.8 Å². The fraction of sp³-hybridized carbons (Fsp3) is 0.412. The van der Waals surface area contributed by atoms with Gasteiger partial charge in [0.1, 0.15) is 11.4 Å². The van der Waals surface area contributed by atoms with E-state index in [0.717, 1.165) is 24.9 Å². The van der Waals surface area contributed by atoms with E-state index in [1.54, 1.807) is 13.0 Å². The standard InChI is InChI=1S/C17H20N4O3/c1-11-15(20-24-19-11)9-16(22)21-6-5-13(10-21)7-12-3-2-4-14(8-12)17(18)23/h2-4,8,13H,5-7,9-10H2,1H3,(H2,18,23)/t13-/m0/s1. The van der Waals surface area contributed by atoms with E-state index in [0.29, 0.717) is 29.4 Å². The lowest BCUT2D eigenvalue weighted by Crippen LogP contribution is -2.30. The summed E-state index contributed by atoms with van der Waals surface area (Å²) in [6, 6.07) is 7.37. The van der Waals surface area contributed by atoms with E-state index in [9.17, 15) is 9.59 Å². The Morgan fingerprint density at radius 2 is 2.21 bits per heavy atom. The summed E-state index contributed by atoms with van der Waals surface area (Å²) < 4.78 is 4.63. The van der Waals surface area contributed by atoms with E-state index < -0.39 is 5.91 Å². The number of rotatable bonds is 5. The van der Waals surface area contributed by atoms with Crippen molar-refractivity contribution in [3.8, 4) is 0 Å². The Hall–Kier alpha value is -2.70. The Labute approximate surface area is 139 Å². The first-order chi connectivity index (χ1) is 11.5. The molecule has 126 valence electrons. The predicted octanol–water partition coefficient (Wildman–Crippen LogP) is 1.11. The number of hydrogen-bond donors (Lipinski definition) is 1. The number of likely N-dealkylation sites (tertiary alicyclic amines) is 1. The maximum atomic E-state index is 12.4. The molecule has 2 N–H and O–H groups in total. The van der Waals surface area contributed by atoms with Gasteiger partial charge in [-0.3, -0.25) is 9.59 Å². The monoisotopic (exact) mass is 328 g/mol. The van der Waals surface area contributed by atoms with Crippen molar-refractivity contribution in [1.29, 1.82) is 0 Å². The van der Waals surface area contributed by atoms with Gasteiger partial charge in [-0.25, -0.2) is 4.63 Å². The van der Waals surface area contributed by atoms with Crippen LogP contribution in [-0.4, -0.2) is 40.1 Å². The molecular weight excluding hydrogens is 308 g/mol. The molecular formula is C17H20N4O3. The summed E-state index contributed by atoms with van der Waals surface area (Å²) in [5.41, 5.74) is 8.16. The second kappa shape index (κ2) is 6.82. The molecule has 3 rings (SSSR count). The second-order valence-corrected chi connectivity index (χ2v) is 6.24. The smallest absolute Gasteiger partial charge is 0.248 e. The lowest BCUT2D eigenvalue weighted by molar-refractivity contribution is -0.129. The zero-order valence-corrected chi connectivity index (χ0v) is 13.6. The third kappa shape index (κ3) is 3.61. The fourth-order valence-electron chi connectivity index (χ4n) is 3.08. The molecule has 0 aliphatic carbocycles. The first-order valence-electron chi connectivity index (χ1n) is 7.97. The van der Waals surface area contributed by atoms with Crippen LogP contribution in [0.3, 0.4) is 0 Å². The van der Waals surface area contributed by atoms with E-state index in [1.165, 1.54) is 0 Å². The van der Waals surface area contributed by atoms with Gasteiger partial charge in [0.15, 0.2) is 0 Å². The molecule has 0 unspecified atom stereocenters. The molecule has 7 nitrogen and oxygen atoms in total. The number of primary amides is 1. The average Bonchev–Trinajstić information content (AvgIpc) is 3.17. The minimum atomic E-state index is -0.420. The van der Waals surface area contributed by atoms with Crippen molar-refractivity contribution >= 4 is 11.8 Å². The summed E-state index contributed by atoms with van der Waals surface area (Å²) in [6.45, 7) is 3.23. The van der Waals surface area contributed by atoms with Crippen molar-refractivity contribution in [2.45, 2.75) is 26.2 Å². The van der Waals surface area contributed by atoms with E-state index in [4.69, 9.17) is 5.73 Å². The highest BCUT2D eigenvalue weighted by atomic mass is 16.6. The maximum Gasteiger partial charge on any atom is 0.248 e. The van der Waals surface area contributed by atoms with Gasteiger partial charge in [-0.2, -0.15) is 0 Å². The Kier molecular flexibility index (Phi) is 4.59. The van der Waals surface area contributed by atoms with Gasteiger partial charge in [0.05, 0.1) is 6.42 Å². The van der Waals surface area contributed by atoms with Crippen molar-refractivity contribution < 1.29 is 14.2 Å². The minimum absolute atomic E-state index is 0.0437. The van der Waals surface area contributed by atoms with Gasteiger partial charge in [0, 0.05) is 18.7 Å². The van der Waals surface area contributed by atoms with E-state index in [-0.39, 0.29) is 12.3 Å². The lowest BCUT2D eigenvalue weighted by Gasteiger charge is -2.16. The molecule has 0 saturated carbocycles. The molecule has 2 aromatic rings. The molecule has 0 bridgehead atoms. The Morgan fingerprint density at radius 1 is 1.38 bits per heavy atom. The molecule has 1 atom stereocenters. The largest absolute Gasteiger partial charge is 0.366 e. The summed E-state index contributed by atoms with van der Waals surface area (Å²) in [5, 5.41) is 7.46. The summed E-state index contributed by atoms with van der Waals surface area (Å²) in [6.07, 6.45) is 2.00. The van der Waals surface area contributed by atoms with Crippen molar-refractivity contribution in [2.24, 2.45) is 11.7 Å². The molecule has 1 aromatic heterocycles. The van der Waals surface area contributed by atoms with Crippen LogP contribution < -0.4 is 5.73 Å². The number of benzene rings is 1. The molecule has 1 aliphatic rings. The zero-order chi connectivity index (χ0) is 17.1. The van der Waals surface area contributed by atoms with Crippen molar-refractivity contribution in [3.05, 3.63) is 46.8 Å². The van der Waals surface area contributed by atoms with E-state index in [1.807, 2.05) is 23.1 Å². The Morgan fingerprint density at radius 3 is 2.92 bits per heavy atom. The van der Waals surface area contributed by atoms with Crippen molar-refractivity contribution in [3.63, 3.8) is 0 Å². The number of aryl methyl sites for hydroxylation is 1. The molecule has 2 amide bonds. The summed E-state index contributed by atoms with van der Waals surface area (Å²) in [7, 11) is 0. The van der Waals surface area contributed by atoms with Crippen molar-refractivity contribution in [2.75, 3.05) is 13.1 Å². The maximum absolute atomic E-state index is 12.4. The lowest BCUT2D eigenvalue weighted by atomic mass is 9.97. The van der Waals surface area contributed by atoms with Crippen LogP contribution in [0.25, 0.3) is 0 Å². The molecule has 1 aliphatic heterocycles. The average molecular weight is 328 g/mol. The van der Waals surface area contributed by atoms with Gasteiger partial charge in [-0.05, 0) is 43.4 Å². The number of carbonyl (C=O) groups is 2. The molecule has 2 heterocycles. The number of amides is 2. The van der Waals surface area contributed by atoms with Crippen LogP contribution in [0.15, 0.2) is 28.9 Å². The highest BCUT2D eigenvalue weighted by Crippen LogP contribution is 2.22. The number of nitrogens with zero attached hydrogens (tertiary/aromatic N) is 3. The molecule has 1 fully saturated rings. The van der Waals surface area contributed by atoms with E-state index >= 15 is 0 Å². The number of aromatic nitrogens is 2. The second-order valence-electron chi connectivity index (χ2n) is 6.24. The van der Waals surface area contributed by atoms with E-state index in [2.05, 4.69) is 14.9 Å². The molecule has 1 aromatic carbocycles. The van der Waals surface area contributed by atoms with Gasteiger partial charge in [-0.15, -0.1) is 0 Å². The minimum Gasteiger partial charge on any atom is -0.366 e. The first kappa shape index (κ1) is 16.2. The van der Waals surface area contributed by atoms with Crippen LogP contribution in [0.5, 0.6) is 0 Å². The van der Waals surface area contributed by atoms with Gasteiger partial charge in [0.2, 0.25) is 11.8 Å². The Balaban J connectivity index is 1.57. The van der Waals surface area contributed by atoms with Crippen LogP contribution in [0.4, 0.5) is 0 Å². The van der Waals surface area contributed by atoms with Crippen LogP contribution in [0.1, 0.15) is 33.7 Å². The molecule has 24 heavy (non-hydrogen) atoms. The zero-order valence-electron chi connectivity index (χ0n) is 13.6. The highest BCUT2D eigenvalue weighted by molar-refractivity contribution is 5.92. The number of carbonyl (C=O) groups excluding carboxylic acids is 2. The van der Waals surface area contributed by atoms with Gasteiger partial charge in [-0.1, -0.05) is 22.4 Å². The predicted molar refractivity (Wildman–Crippen MR) is 86.1 cm³/mol. The normalized spacial score (nSPS) is 17.2. The summed E-state index contributed by atoms with van der Waals surface area (Å²) >= 11 is 0. The first-order valence-corrected chi connectivity index (χ1v) is 7.97. The van der Waals surface area contributed by atoms with Crippen LogP contribution in [-0.2, 0) is 17.6 Å². The molecule has 0 radical (unpaired) electrons. The van der Waals surface area contributed by atoms with Gasteiger partial charge in [0.25, 0.3) is 0 Å². The third-order valence-electron chi connectivity index (χ3n) is 4.44. The molecule has 0 spiro atoms. The summed E-state index contributed by atoms with van der Waals surface area (Å²) in [5.74, 6) is 0.00691. The summed E-state index contributed by atoms with van der Waals surface area (Å²) in [4.78, 5) is 25.5. The highest BCUT2D eigenvalue weighted by Gasteiger charge is 2.27. The molecule has 7 heteroatoms. The van der Waals surface area contributed by atoms with Crippen LogP contribution >= 0.6 is 0 Å². The quantitative estimate of drug-likeness (QED) is 0.886. The van der Waals surface area contributed by atoms with Crippen LogP contribution in [0.2, 0.25) is 0 Å². The van der Waals surface area contributed by atoms with Crippen molar-refractivity contribution in [1.82, 2.24) is 15.2 Å². The Bertz CT molecular complexity index is 756.